The van der Waals surface area contributed by atoms with E-state index >= 15 is 0 Å². The Morgan fingerprint density at radius 3 is 1.05 bits per heavy atom. The van der Waals surface area contributed by atoms with Crippen LogP contribution in [0.15, 0.2) is 48.5 Å². The highest BCUT2D eigenvalue weighted by Crippen LogP contribution is 2.41. The fourth-order valence-corrected chi connectivity index (χ4v) is 6.23. The molecule has 2 aromatic carbocycles. The lowest BCUT2D eigenvalue weighted by Crippen LogP contribution is -2.15. The lowest BCUT2D eigenvalue weighted by molar-refractivity contribution is 1.20. The van der Waals surface area contributed by atoms with Crippen molar-refractivity contribution in [1.29, 1.82) is 0 Å². The maximum Gasteiger partial charge on any atom is 0.0835 e. The van der Waals surface area contributed by atoms with E-state index in [9.17, 15) is 0 Å². The van der Waals surface area contributed by atoms with Crippen molar-refractivity contribution in [3.8, 4) is 143 Å². The number of rotatable bonds is 4. The number of hydrogen-bond acceptors (Lipinski definition) is 1. The van der Waals surface area contributed by atoms with Gasteiger partial charge < -0.3 is 0 Å². The van der Waals surface area contributed by atoms with Gasteiger partial charge >= 0.3 is 0 Å². The standard InChI is InChI=1S/C37H14P2S/c1-5-9-13-21-29-38(30-22-14-10-6-2)35-27-19-17-25-33(35)37(40)34-26-18-20-28-36(34)39(31-23-15-11-7-3)32-24-16-12-8-4/h1-4,17-20,25-28,37,40H. The largest absolute Gasteiger partial charge is 0.166 e. The van der Waals surface area contributed by atoms with E-state index < -0.39 is 15.8 Å². The molecule has 0 aliphatic heterocycles. The Morgan fingerprint density at radius 2 is 0.750 bits per heavy atom. The van der Waals surface area contributed by atoms with Crippen molar-refractivity contribution in [2.24, 2.45) is 0 Å². The Morgan fingerprint density at radius 1 is 0.450 bits per heavy atom. The molecule has 0 spiro atoms. The van der Waals surface area contributed by atoms with Crippen molar-refractivity contribution >= 4 is 39.1 Å². The molecule has 0 aliphatic carbocycles. The third kappa shape index (κ3) is 10.0. The Bertz CT molecular complexity index is 1730. The highest BCUT2D eigenvalue weighted by Gasteiger charge is 2.22. The van der Waals surface area contributed by atoms with Crippen LogP contribution in [-0.4, -0.2) is 0 Å². The Hall–Kier alpha value is -5.63. The van der Waals surface area contributed by atoms with Gasteiger partial charge in [0.05, 0.1) is 21.1 Å². The summed E-state index contributed by atoms with van der Waals surface area (Å²) in [6, 6.07) is 15.6. The van der Waals surface area contributed by atoms with Crippen molar-refractivity contribution in [3.63, 3.8) is 0 Å². The van der Waals surface area contributed by atoms with Crippen molar-refractivity contribution in [2.45, 2.75) is 5.25 Å². The minimum Gasteiger partial charge on any atom is -0.166 e. The second-order valence-electron chi connectivity index (χ2n) is 6.72. The number of thiol groups is 1. The van der Waals surface area contributed by atoms with Gasteiger partial charge in [-0.1, -0.05) is 48.5 Å². The molecule has 0 aromatic heterocycles. The fraction of sp³-hybridized carbons (Fsp3) is 0.0270. The summed E-state index contributed by atoms with van der Waals surface area (Å²) in [7, 11) is -2.65. The smallest absolute Gasteiger partial charge is 0.0835 e. The molecule has 2 aromatic rings. The number of terminal acetylenes is 4. The summed E-state index contributed by atoms with van der Waals surface area (Å²) in [6.45, 7) is 0. The summed E-state index contributed by atoms with van der Waals surface area (Å²) in [5.74, 6) is 40.7. The predicted molar refractivity (Wildman–Crippen MR) is 174 cm³/mol. The maximum absolute atomic E-state index is 5.22. The van der Waals surface area contributed by atoms with Gasteiger partial charge in [0.1, 0.15) is 0 Å². The summed E-state index contributed by atoms with van der Waals surface area (Å²) < 4.78 is 0. The van der Waals surface area contributed by atoms with E-state index in [2.05, 4.69) is 117 Å². The van der Waals surface area contributed by atoms with E-state index in [1.165, 1.54) is 0 Å². The molecule has 0 bridgehead atoms. The highest BCUT2D eigenvalue weighted by atomic mass is 32.1. The maximum atomic E-state index is 5.22. The van der Waals surface area contributed by atoms with Gasteiger partial charge in [-0.2, -0.15) is 12.6 Å². The molecular weight excluding hydrogens is 538 g/mol. The van der Waals surface area contributed by atoms with Gasteiger partial charge in [-0.05, 0) is 128 Å². The summed E-state index contributed by atoms with van der Waals surface area (Å²) in [5, 5.41) is 1.44. The van der Waals surface area contributed by atoms with E-state index in [0.29, 0.717) is 0 Å². The van der Waals surface area contributed by atoms with Crippen LogP contribution in [0.25, 0.3) is 0 Å². The molecule has 0 saturated carbocycles. The molecule has 0 fully saturated rings. The summed E-state index contributed by atoms with van der Waals surface area (Å²) in [4.78, 5) is 0. The first-order chi connectivity index (χ1) is 19.7. The van der Waals surface area contributed by atoms with Gasteiger partial charge in [-0.15, -0.1) is 25.7 Å². The topological polar surface area (TPSA) is 0 Å². The second-order valence-corrected chi connectivity index (χ2v) is 10.4. The van der Waals surface area contributed by atoms with Crippen LogP contribution in [0.1, 0.15) is 16.4 Å². The molecule has 0 saturated heterocycles. The predicted octanol–water partition coefficient (Wildman–Crippen LogP) is 4.31. The van der Waals surface area contributed by atoms with Crippen LogP contribution in [0, 0.1) is 143 Å². The monoisotopic (exact) mass is 552 g/mol. The summed E-state index contributed by atoms with van der Waals surface area (Å²) in [6.07, 6.45) is 20.9. The first-order valence-electron chi connectivity index (χ1n) is 11.0. The SMILES string of the molecule is C#CC#CC#CP(C#CC#CC#C)c1ccccc1C(S)c1ccccc1P(C#CC#CC#C)C#CC#CC#C. The lowest BCUT2D eigenvalue weighted by atomic mass is 10.0. The van der Waals surface area contributed by atoms with E-state index in [1.807, 2.05) is 48.5 Å². The van der Waals surface area contributed by atoms with E-state index in [-0.39, 0.29) is 5.25 Å². The number of hydrogen-bond donors (Lipinski definition) is 1. The second kappa shape index (κ2) is 18.6. The third-order valence-corrected chi connectivity index (χ3v) is 8.08. The quantitative estimate of drug-likeness (QED) is 0.327. The molecule has 0 nitrogen and oxygen atoms in total. The molecule has 40 heavy (non-hydrogen) atoms. The normalized spacial score (nSPS) is 7.60. The summed E-state index contributed by atoms with van der Waals surface area (Å²) in [5.41, 5.74) is 14.3. The Balaban J connectivity index is 2.72. The van der Waals surface area contributed by atoms with Gasteiger partial charge in [0.15, 0.2) is 0 Å². The van der Waals surface area contributed by atoms with Crippen molar-refractivity contribution < 1.29 is 0 Å². The molecule has 0 aliphatic rings. The Kier molecular flexibility index (Phi) is 14.2. The Labute approximate surface area is 246 Å². The molecular formula is C37H14P2S. The zero-order valence-electron chi connectivity index (χ0n) is 20.8. The average molecular weight is 553 g/mol. The van der Waals surface area contributed by atoms with Crippen molar-refractivity contribution in [2.75, 3.05) is 0 Å². The molecule has 178 valence electrons. The van der Waals surface area contributed by atoms with Crippen LogP contribution in [0.4, 0.5) is 0 Å². The average Bonchev–Trinajstić information content (AvgIpc) is 2.99. The highest BCUT2D eigenvalue weighted by molar-refractivity contribution is 7.81. The molecule has 3 heteroatoms. The van der Waals surface area contributed by atoms with Gasteiger partial charge in [0.2, 0.25) is 0 Å². The first kappa shape index (κ1) is 30.6. The zero-order chi connectivity index (χ0) is 28.8. The van der Waals surface area contributed by atoms with E-state index in [0.717, 1.165) is 21.7 Å². The number of benzene rings is 2. The molecule has 0 atom stereocenters. The first-order valence-corrected chi connectivity index (χ1v) is 14.2. The molecule has 0 unspecified atom stereocenters. The van der Waals surface area contributed by atoms with Crippen molar-refractivity contribution in [1.82, 2.24) is 0 Å². The van der Waals surface area contributed by atoms with E-state index in [1.54, 1.807) is 0 Å². The fourth-order valence-electron chi connectivity index (χ4n) is 2.91. The molecule has 0 heterocycles. The van der Waals surface area contributed by atoms with Crippen LogP contribution < -0.4 is 10.6 Å². The molecule has 0 radical (unpaired) electrons. The van der Waals surface area contributed by atoms with Gasteiger partial charge in [0.25, 0.3) is 0 Å². The minimum atomic E-state index is -1.32. The van der Waals surface area contributed by atoms with Gasteiger partial charge in [-0.25, -0.2) is 0 Å². The van der Waals surface area contributed by atoms with Gasteiger partial charge in [0, 0.05) is 10.6 Å². The molecule has 2 rings (SSSR count). The third-order valence-electron chi connectivity index (χ3n) is 4.40. The van der Waals surface area contributed by atoms with Crippen LogP contribution in [0.5, 0.6) is 0 Å². The zero-order valence-corrected chi connectivity index (χ0v) is 23.5. The van der Waals surface area contributed by atoms with Crippen LogP contribution >= 0.6 is 28.5 Å². The van der Waals surface area contributed by atoms with Gasteiger partial charge in [-0.3, -0.25) is 0 Å². The molecule has 0 amide bonds. The molecule has 0 N–H and O–H groups in total. The van der Waals surface area contributed by atoms with Crippen molar-refractivity contribution in [3.05, 3.63) is 59.7 Å². The minimum absolute atomic E-state index is 0.364. The van der Waals surface area contributed by atoms with Crippen LogP contribution in [0.2, 0.25) is 0 Å². The lowest BCUT2D eigenvalue weighted by Gasteiger charge is -2.21. The van der Waals surface area contributed by atoms with Crippen LogP contribution in [-0.2, 0) is 0 Å². The summed E-state index contributed by atoms with van der Waals surface area (Å²) >= 11 is 5.05. The van der Waals surface area contributed by atoms with E-state index in [4.69, 9.17) is 38.3 Å². The van der Waals surface area contributed by atoms with Crippen LogP contribution in [0.3, 0.4) is 0 Å².